The van der Waals surface area contributed by atoms with Crippen molar-refractivity contribution >= 4 is 28.5 Å². The molecule has 0 bridgehead atoms. The van der Waals surface area contributed by atoms with Crippen LogP contribution in [0.1, 0.15) is 23.9 Å². The maximum absolute atomic E-state index is 12.5. The van der Waals surface area contributed by atoms with Crippen molar-refractivity contribution in [3.05, 3.63) is 50.9 Å². The monoisotopic (exact) mass is 391 g/mol. The van der Waals surface area contributed by atoms with Gasteiger partial charge in [0.1, 0.15) is 11.3 Å². The summed E-state index contributed by atoms with van der Waals surface area (Å²) in [6, 6.07) is 3.19. The Labute approximate surface area is 159 Å². The van der Waals surface area contributed by atoms with Gasteiger partial charge in [-0.25, -0.2) is 4.79 Å². The molecule has 3 aromatic rings. The summed E-state index contributed by atoms with van der Waals surface area (Å²) in [5.41, 5.74) is 1.25. The zero-order chi connectivity index (χ0) is 19.7. The number of hydrogen-bond acceptors (Lipinski definition) is 7. The molecule has 0 aliphatic carbocycles. The number of hydrogen-bond donors (Lipinski definition) is 0. The van der Waals surface area contributed by atoms with Crippen LogP contribution in [0.25, 0.3) is 11.0 Å². The van der Waals surface area contributed by atoms with E-state index in [-0.39, 0.29) is 18.2 Å². The van der Waals surface area contributed by atoms with Crippen LogP contribution in [0.5, 0.6) is 5.75 Å². The fourth-order valence-electron chi connectivity index (χ4n) is 2.64. The Morgan fingerprint density at radius 1 is 1.33 bits per heavy atom. The minimum atomic E-state index is -0.824. The zero-order valence-electron chi connectivity index (χ0n) is 15.3. The highest BCUT2D eigenvalue weighted by Crippen LogP contribution is 2.32. The summed E-state index contributed by atoms with van der Waals surface area (Å²) in [5, 5.41) is 4.71. The van der Waals surface area contributed by atoms with E-state index in [4.69, 9.17) is 20.8 Å². The summed E-state index contributed by atoms with van der Waals surface area (Å²) in [6.45, 7) is 5.30. The summed E-state index contributed by atoms with van der Waals surface area (Å²) in [5.74, 6) is 0.344. The number of rotatable bonds is 5. The lowest BCUT2D eigenvalue weighted by molar-refractivity contribution is -0.137. The van der Waals surface area contributed by atoms with E-state index in [1.54, 1.807) is 27.0 Å². The third-order valence-corrected chi connectivity index (χ3v) is 4.62. The van der Waals surface area contributed by atoms with E-state index in [1.807, 2.05) is 6.92 Å². The summed E-state index contributed by atoms with van der Waals surface area (Å²) in [4.78, 5) is 29.7. The molecule has 0 saturated heterocycles. The third-order valence-electron chi connectivity index (χ3n) is 4.32. The van der Waals surface area contributed by atoms with Crippen LogP contribution in [-0.2, 0) is 11.3 Å². The number of carbonyl (C=O) groups excluding carboxylic acids is 1. The average Bonchev–Trinajstić information content (AvgIpc) is 3.13. The van der Waals surface area contributed by atoms with Gasteiger partial charge in [-0.1, -0.05) is 16.8 Å². The second-order valence-electron chi connectivity index (χ2n) is 6.22. The molecular weight excluding hydrogens is 374 g/mol. The molecule has 142 valence electrons. The molecule has 3 rings (SSSR count). The number of aromatic nitrogens is 2. The Kier molecular flexibility index (Phi) is 5.18. The molecule has 9 heteroatoms. The number of ether oxygens (including phenoxy) is 1. The van der Waals surface area contributed by atoms with Gasteiger partial charge in [-0.15, -0.1) is 0 Å². The summed E-state index contributed by atoms with van der Waals surface area (Å²) in [7, 11) is 1.60. The first kappa shape index (κ1) is 18.9. The van der Waals surface area contributed by atoms with E-state index < -0.39 is 11.7 Å². The maximum Gasteiger partial charge on any atom is 0.339 e. The fraction of sp³-hybridized carbons (Fsp3) is 0.333. The minimum absolute atomic E-state index is 0.182. The van der Waals surface area contributed by atoms with Crippen molar-refractivity contribution in [2.75, 3.05) is 7.05 Å². The second kappa shape index (κ2) is 7.40. The van der Waals surface area contributed by atoms with Gasteiger partial charge in [0, 0.05) is 24.1 Å². The van der Waals surface area contributed by atoms with Crippen LogP contribution < -0.4 is 10.4 Å². The van der Waals surface area contributed by atoms with Crippen LogP contribution in [0.4, 0.5) is 0 Å². The van der Waals surface area contributed by atoms with E-state index in [0.717, 1.165) is 10.9 Å². The van der Waals surface area contributed by atoms with Crippen LogP contribution in [0, 0.1) is 13.8 Å². The van der Waals surface area contributed by atoms with Crippen molar-refractivity contribution in [3.63, 3.8) is 0 Å². The number of benzene rings is 1. The van der Waals surface area contributed by atoms with Crippen molar-refractivity contribution in [1.29, 1.82) is 0 Å². The maximum atomic E-state index is 12.5. The molecule has 0 spiro atoms. The van der Waals surface area contributed by atoms with Gasteiger partial charge in [-0.3, -0.25) is 4.79 Å². The van der Waals surface area contributed by atoms with Gasteiger partial charge in [-0.05, 0) is 32.4 Å². The Morgan fingerprint density at radius 2 is 2.07 bits per heavy atom. The van der Waals surface area contributed by atoms with Gasteiger partial charge in [0.25, 0.3) is 5.91 Å². The predicted octanol–water partition coefficient (Wildman–Crippen LogP) is 2.87. The zero-order valence-corrected chi connectivity index (χ0v) is 16.0. The molecule has 1 unspecified atom stereocenters. The van der Waals surface area contributed by atoms with Crippen LogP contribution in [-0.4, -0.2) is 34.1 Å². The van der Waals surface area contributed by atoms with Crippen LogP contribution in [0.3, 0.4) is 0 Å². The van der Waals surface area contributed by atoms with Crippen molar-refractivity contribution < 1.29 is 18.5 Å². The van der Waals surface area contributed by atoms with Gasteiger partial charge in [0.2, 0.25) is 6.39 Å². The molecule has 1 atom stereocenters. The lowest BCUT2D eigenvalue weighted by Gasteiger charge is -2.21. The standard InChI is InChI=1S/C18H18ClN3O5/c1-9-10(2)18(24)27-14-6-15(13(19)5-12(9)14)26-11(3)17(23)22(4)7-16-20-8-25-21-16/h5-6,8,11H,7H2,1-4H3. The Morgan fingerprint density at radius 3 is 2.74 bits per heavy atom. The molecule has 0 radical (unpaired) electrons. The molecule has 1 aromatic carbocycles. The van der Waals surface area contributed by atoms with E-state index in [2.05, 4.69) is 14.7 Å². The van der Waals surface area contributed by atoms with Crippen LogP contribution >= 0.6 is 11.6 Å². The number of likely N-dealkylation sites (N-methyl/N-ethyl adjacent to an activating group) is 1. The van der Waals surface area contributed by atoms with E-state index in [9.17, 15) is 9.59 Å². The van der Waals surface area contributed by atoms with Crippen molar-refractivity contribution in [2.45, 2.75) is 33.4 Å². The molecule has 0 saturated carbocycles. The second-order valence-corrected chi connectivity index (χ2v) is 6.63. The first-order chi connectivity index (χ1) is 12.8. The summed E-state index contributed by atoms with van der Waals surface area (Å²) < 4.78 is 15.7. The normalized spacial score (nSPS) is 12.2. The highest BCUT2D eigenvalue weighted by Gasteiger charge is 2.22. The number of fused-ring (bicyclic) bond motifs is 1. The highest BCUT2D eigenvalue weighted by molar-refractivity contribution is 6.32. The van der Waals surface area contributed by atoms with E-state index in [1.165, 1.54) is 17.4 Å². The van der Waals surface area contributed by atoms with Gasteiger partial charge >= 0.3 is 5.63 Å². The lowest BCUT2D eigenvalue weighted by Crippen LogP contribution is -2.37. The first-order valence-corrected chi connectivity index (χ1v) is 8.56. The van der Waals surface area contributed by atoms with Gasteiger partial charge in [-0.2, -0.15) is 4.98 Å². The fourth-order valence-corrected chi connectivity index (χ4v) is 2.85. The number of nitrogens with zero attached hydrogens (tertiary/aromatic N) is 3. The predicted molar refractivity (Wildman–Crippen MR) is 97.8 cm³/mol. The molecular formula is C18H18ClN3O5. The average molecular weight is 392 g/mol. The molecule has 0 aliphatic rings. The van der Waals surface area contributed by atoms with Gasteiger partial charge < -0.3 is 18.6 Å². The highest BCUT2D eigenvalue weighted by atomic mass is 35.5. The lowest BCUT2D eigenvalue weighted by atomic mass is 10.1. The Balaban J connectivity index is 1.83. The molecule has 0 fully saturated rings. The molecule has 27 heavy (non-hydrogen) atoms. The Bertz CT molecular complexity index is 1050. The Hall–Kier alpha value is -2.87. The van der Waals surface area contributed by atoms with E-state index in [0.29, 0.717) is 22.0 Å². The molecule has 1 amide bonds. The number of amides is 1. The SMILES string of the molecule is Cc1c(C)c2cc(Cl)c(OC(C)C(=O)N(C)Cc3ncon3)cc2oc1=O. The molecule has 2 heterocycles. The number of carbonyl (C=O) groups is 1. The van der Waals surface area contributed by atoms with Crippen molar-refractivity contribution in [2.24, 2.45) is 0 Å². The molecule has 2 aromatic heterocycles. The van der Waals surface area contributed by atoms with Gasteiger partial charge in [0.15, 0.2) is 11.9 Å². The smallest absolute Gasteiger partial charge is 0.339 e. The van der Waals surface area contributed by atoms with Gasteiger partial charge in [0.05, 0.1) is 11.6 Å². The van der Waals surface area contributed by atoms with Crippen LogP contribution in [0.2, 0.25) is 5.02 Å². The number of halogens is 1. The largest absolute Gasteiger partial charge is 0.479 e. The van der Waals surface area contributed by atoms with Crippen molar-refractivity contribution in [1.82, 2.24) is 15.0 Å². The molecule has 0 N–H and O–H groups in total. The third kappa shape index (κ3) is 3.80. The minimum Gasteiger partial charge on any atom is -0.479 e. The van der Waals surface area contributed by atoms with Crippen LogP contribution in [0.15, 0.2) is 32.3 Å². The van der Waals surface area contributed by atoms with Crippen molar-refractivity contribution in [3.8, 4) is 5.75 Å². The summed E-state index contributed by atoms with van der Waals surface area (Å²) >= 11 is 6.31. The number of aryl methyl sites for hydroxylation is 1. The molecule has 0 aliphatic heterocycles. The topological polar surface area (TPSA) is 98.7 Å². The summed E-state index contributed by atoms with van der Waals surface area (Å²) in [6.07, 6.45) is 0.370. The first-order valence-electron chi connectivity index (χ1n) is 8.18. The quantitative estimate of drug-likeness (QED) is 0.616. The molecule has 8 nitrogen and oxygen atoms in total. The van der Waals surface area contributed by atoms with E-state index >= 15 is 0 Å².